The predicted octanol–water partition coefficient (Wildman–Crippen LogP) is 2.71. The van der Waals surface area contributed by atoms with Gasteiger partial charge in [0.1, 0.15) is 5.69 Å². The van der Waals surface area contributed by atoms with Crippen molar-refractivity contribution in [1.29, 1.82) is 0 Å². The van der Waals surface area contributed by atoms with E-state index in [0.29, 0.717) is 16.4 Å². The molecule has 0 spiro atoms. The van der Waals surface area contributed by atoms with Gasteiger partial charge in [-0.25, -0.2) is 4.79 Å². The number of isocyanates is 1. The fourth-order valence-electron chi connectivity index (χ4n) is 1.52. The van der Waals surface area contributed by atoms with Crippen molar-refractivity contribution in [2.75, 3.05) is 0 Å². The van der Waals surface area contributed by atoms with Crippen molar-refractivity contribution < 1.29 is 4.79 Å². The fraction of sp³-hybridized carbons (Fsp3) is 0.0909. The maximum absolute atomic E-state index is 10.3. The zero-order valence-electron chi connectivity index (χ0n) is 8.51. The van der Waals surface area contributed by atoms with Crippen molar-refractivity contribution in [3.8, 4) is 11.3 Å². The second-order valence-corrected chi connectivity index (χ2v) is 3.59. The van der Waals surface area contributed by atoms with Crippen LogP contribution >= 0.6 is 11.6 Å². The number of rotatable bonds is 2. The normalized spacial score (nSPS) is 9.88. The highest BCUT2D eigenvalue weighted by Crippen LogP contribution is 2.33. The van der Waals surface area contributed by atoms with Crippen LogP contribution in [0.1, 0.15) is 0 Å². The van der Waals surface area contributed by atoms with Gasteiger partial charge in [-0.2, -0.15) is 10.1 Å². The van der Waals surface area contributed by atoms with Gasteiger partial charge in [0.25, 0.3) is 0 Å². The topological polar surface area (TPSA) is 47.2 Å². The molecule has 16 heavy (non-hydrogen) atoms. The van der Waals surface area contributed by atoms with E-state index < -0.39 is 0 Å². The monoisotopic (exact) mass is 233 g/mol. The highest BCUT2D eigenvalue weighted by molar-refractivity contribution is 6.33. The smallest absolute Gasteiger partial charge is 0.240 e. The number of nitrogens with zero attached hydrogens (tertiary/aromatic N) is 3. The van der Waals surface area contributed by atoms with Crippen molar-refractivity contribution >= 4 is 23.4 Å². The van der Waals surface area contributed by atoms with Gasteiger partial charge in [-0.1, -0.05) is 29.8 Å². The van der Waals surface area contributed by atoms with Crippen molar-refractivity contribution in [3.05, 3.63) is 35.5 Å². The molecule has 0 N–H and O–H groups in total. The van der Waals surface area contributed by atoms with Gasteiger partial charge in [0, 0.05) is 12.6 Å². The summed E-state index contributed by atoms with van der Waals surface area (Å²) in [5.74, 6) is 0. The van der Waals surface area contributed by atoms with Crippen LogP contribution in [0.3, 0.4) is 0 Å². The van der Waals surface area contributed by atoms with Gasteiger partial charge in [-0.3, -0.25) is 4.68 Å². The van der Waals surface area contributed by atoms with E-state index >= 15 is 0 Å². The van der Waals surface area contributed by atoms with E-state index in [2.05, 4.69) is 10.1 Å². The third kappa shape index (κ3) is 1.76. The summed E-state index contributed by atoms with van der Waals surface area (Å²) in [6.07, 6.45) is 3.01. The van der Waals surface area contributed by atoms with Crippen LogP contribution in [-0.4, -0.2) is 15.9 Å². The van der Waals surface area contributed by atoms with Crippen LogP contribution in [0.2, 0.25) is 5.02 Å². The summed E-state index contributed by atoms with van der Waals surface area (Å²) in [6.45, 7) is 0. The van der Waals surface area contributed by atoms with E-state index in [1.165, 1.54) is 12.3 Å². The van der Waals surface area contributed by atoms with Gasteiger partial charge in [0.05, 0.1) is 16.9 Å². The summed E-state index contributed by atoms with van der Waals surface area (Å²) in [6, 6.07) is 7.33. The average Bonchev–Trinajstić information content (AvgIpc) is 2.62. The largest absolute Gasteiger partial charge is 0.266 e. The minimum absolute atomic E-state index is 0.464. The molecule has 0 aliphatic rings. The van der Waals surface area contributed by atoms with Gasteiger partial charge in [0.15, 0.2) is 0 Å². The molecule has 1 aromatic heterocycles. The second-order valence-electron chi connectivity index (χ2n) is 3.18. The molecule has 0 saturated heterocycles. The van der Waals surface area contributed by atoms with Crippen LogP contribution < -0.4 is 0 Å². The minimum atomic E-state index is 0.464. The maximum atomic E-state index is 10.3. The molecule has 0 bridgehead atoms. The summed E-state index contributed by atoms with van der Waals surface area (Å²) in [5.41, 5.74) is 1.96. The van der Waals surface area contributed by atoms with Crippen LogP contribution in [0.15, 0.2) is 35.5 Å². The summed E-state index contributed by atoms with van der Waals surface area (Å²) in [7, 11) is 1.77. The fourth-order valence-corrected chi connectivity index (χ4v) is 1.75. The first-order valence-electron chi connectivity index (χ1n) is 4.59. The lowest BCUT2D eigenvalue weighted by molar-refractivity contribution is 0.565. The molecule has 0 unspecified atom stereocenters. The molecule has 5 heteroatoms. The van der Waals surface area contributed by atoms with Crippen molar-refractivity contribution in [3.63, 3.8) is 0 Å². The zero-order valence-corrected chi connectivity index (χ0v) is 9.27. The number of hydrogen-bond acceptors (Lipinski definition) is 3. The first kappa shape index (κ1) is 10.6. The van der Waals surface area contributed by atoms with Crippen molar-refractivity contribution in [2.45, 2.75) is 0 Å². The number of aliphatic imine (C=N–C) groups is 1. The molecule has 0 saturated carbocycles. The Hall–Kier alpha value is -1.90. The quantitative estimate of drug-likeness (QED) is 0.592. The molecular weight excluding hydrogens is 226 g/mol. The number of aryl methyl sites for hydroxylation is 1. The average molecular weight is 234 g/mol. The Labute approximate surface area is 97.2 Å². The molecule has 2 rings (SSSR count). The molecular formula is C11H8ClN3O. The van der Waals surface area contributed by atoms with E-state index in [0.717, 1.165) is 5.56 Å². The lowest BCUT2D eigenvalue weighted by atomic mass is 10.1. The summed E-state index contributed by atoms with van der Waals surface area (Å²) in [5, 5.41) is 4.63. The number of hydrogen-bond donors (Lipinski definition) is 0. The number of halogens is 1. The van der Waals surface area contributed by atoms with Gasteiger partial charge in [-0.15, -0.1) is 0 Å². The molecule has 80 valence electrons. The lowest BCUT2D eigenvalue weighted by Gasteiger charge is -2.04. The maximum Gasteiger partial charge on any atom is 0.240 e. The molecule has 0 atom stereocenters. The molecule has 0 aliphatic carbocycles. The van der Waals surface area contributed by atoms with Gasteiger partial charge in [-0.05, 0) is 6.07 Å². The molecule has 1 aromatic carbocycles. The summed E-state index contributed by atoms with van der Waals surface area (Å²) >= 11 is 6.08. The van der Waals surface area contributed by atoms with Crippen LogP contribution in [0, 0.1) is 0 Å². The van der Waals surface area contributed by atoms with E-state index in [1.807, 2.05) is 18.2 Å². The third-order valence-corrected chi connectivity index (χ3v) is 2.54. The highest BCUT2D eigenvalue weighted by Gasteiger charge is 2.12. The Morgan fingerprint density at radius 2 is 2.19 bits per heavy atom. The van der Waals surface area contributed by atoms with E-state index in [9.17, 15) is 4.79 Å². The van der Waals surface area contributed by atoms with E-state index in [4.69, 9.17) is 11.6 Å². The van der Waals surface area contributed by atoms with E-state index in [1.54, 1.807) is 17.8 Å². The predicted molar refractivity (Wildman–Crippen MR) is 61.4 cm³/mol. The first-order chi connectivity index (χ1) is 7.74. The Bertz CT molecular complexity index is 570. The molecule has 2 aromatic rings. The molecule has 4 nitrogen and oxygen atoms in total. The minimum Gasteiger partial charge on any atom is -0.266 e. The first-order valence-corrected chi connectivity index (χ1v) is 4.96. The molecule has 0 amide bonds. The SMILES string of the molecule is Cn1ncc(N=C=O)c1-c1ccccc1Cl. The Kier molecular flexibility index (Phi) is 2.86. The second kappa shape index (κ2) is 4.31. The number of carbonyl (C=O) groups excluding carboxylic acids is 1. The standard InChI is InChI=1S/C11H8ClN3O/c1-15-11(10(6-14-15)13-7-16)8-4-2-3-5-9(8)12/h2-6H,1H3. The molecule has 0 radical (unpaired) electrons. The van der Waals surface area contributed by atoms with Crippen molar-refractivity contribution in [1.82, 2.24) is 9.78 Å². The van der Waals surface area contributed by atoms with Crippen molar-refractivity contribution in [2.24, 2.45) is 12.0 Å². The van der Waals surface area contributed by atoms with E-state index in [-0.39, 0.29) is 0 Å². The highest BCUT2D eigenvalue weighted by atomic mass is 35.5. The Morgan fingerprint density at radius 3 is 2.88 bits per heavy atom. The van der Waals surface area contributed by atoms with Gasteiger partial charge in [0.2, 0.25) is 6.08 Å². The van der Waals surface area contributed by atoms with Crippen LogP contribution in [-0.2, 0) is 11.8 Å². The van der Waals surface area contributed by atoms with Gasteiger partial charge >= 0.3 is 0 Å². The number of aromatic nitrogens is 2. The van der Waals surface area contributed by atoms with Crippen LogP contribution in [0.5, 0.6) is 0 Å². The summed E-state index contributed by atoms with van der Waals surface area (Å²) in [4.78, 5) is 13.9. The lowest BCUT2D eigenvalue weighted by Crippen LogP contribution is -1.93. The third-order valence-electron chi connectivity index (χ3n) is 2.21. The molecule has 1 heterocycles. The molecule has 0 fully saturated rings. The van der Waals surface area contributed by atoms with Crippen LogP contribution in [0.4, 0.5) is 5.69 Å². The number of benzene rings is 1. The Morgan fingerprint density at radius 1 is 1.44 bits per heavy atom. The Balaban J connectivity index is 2.68. The zero-order chi connectivity index (χ0) is 11.5. The van der Waals surface area contributed by atoms with Gasteiger partial charge < -0.3 is 0 Å². The molecule has 0 aliphatic heterocycles. The summed E-state index contributed by atoms with van der Waals surface area (Å²) < 4.78 is 1.62. The van der Waals surface area contributed by atoms with Crippen LogP contribution in [0.25, 0.3) is 11.3 Å².